The lowest BCUT2D eigenvalue weighted by atomic mass is 10.3. The minimum absolute atomic E-state index is 0.155. The first-order chi connectivity index (χ1) is 4.10. The molecule has 2 atom stereocenters. The standard InChI is InChI=1S/C5H12O3P/c1-5-3-4-7-9(2,6)8-5/h5-6H,3-4H2,1-2H3/q+1/t5-,9?/m0/s1. The van der Waals surface area contributed by atoms with Crippen LogP contribution in [0.4, 0.5) is 0 Å². The largest absolute Gasteiger partial charge is 0.405 e. The van der Waals surface area contributed by atoms with Crippen molar-refractivity contribution in [2.24, 2.45) is 0 Å². The van der Waals surface area contributed by atoms with Gasteiger partial charge < -0.3 is 0 Å². The zero-order valence-corrected chi connectivity index (χ0v) is 6.60. The zero-order valence-electron chi connectivity index (χ0n) is 5.70. The van der Waals surface area contributed by atoms with E-state index in [0.717, 1.165) is 6.42 Å². The molecule has 0 saturated carbocycles. The first kappa shape index (κ1) is 7.42. The lowest BCUT2D eigenvalue weighted by Crippen LogP contribution is -2.19. The molecule has 1 aliphatic rings. The number of rotatable bonds is 0. The van der Waals surface area contributed by atoms with Crippen LogP contribution in [0.15, 0.2) is 0 Å². The van der Waals surface area contributed by atoms with E-state index in [1.165, 1.54) is 0 Å². The molecular weight excluding hydrogens is 139 g/mol. The average Bonchev–Trinajstić information content (AvgIpc) is 1.60. The van der Waals surface area contributed by atoms with Gasteiger partial charge in [0.2, 0.25) is 0 Å². The van der Waals surface area contributed by atoms with Crippen LogP contribution in [0.3, 0.4) is 0 Å². The van der Waals surface area contributed by atoms with Crippen LogP contribution in [0.25, 0.3) is 0 Å². The van der Waals surface area contributed by atoms with Crippen LogP contribution in [-0.4, -0.2) is 24.3 Å². The molecule has 0 aromatic heterocycles. The van der Waals surface area contributed by atoms with Crippen LogP contribution in [0.5, 0.6) is 0 Å². The maximum absolute atomic E-state index is 9.21. The molecule has 3 nitrogen and oxygen atoms in total. The third-order valence-corrected chi connectivity index (χ3v) is 2.64. The maximum atomic E-state index is 9.21. The van der Waals surface area contributed by atoms with Gasteiger partial charge in [0.25, 0.3) is 0 Å². The molecule has 54 valence electrons. The van der Waals surface area contributed by atoms with Gasteiger partial charge in [-0.05, 0) is 6.92 Å². The molecule has 1 saturated heterocycles. The normalized spacial score (nSPS) is 45.0. The highest BCUT2D eigenvalue weighted by Crippen LogP contribution is 2.56. The Kier molecular flexibility index (Phi) is 2.07. The molecule has 0 radical (unpaired) electrons. The van der Waals surface area contributed by atoms with Crippen molar-refractivity contribution in [3.05, 3.63) is 0 Å². The van der Waals surface area contributed by atoms with Gasteiger partial charge in [-0.15, -0.1) is 0 Å². The maximum Gasteiger partial charge on any atom is 0.405 e. The third kappa shape index (κ3) is 2.18. The molecule has 1 aliphatic heterocycles. The van der Waals surface area contributed by atoms with Gasteiger partial charge in [-0.25, -0.2) is 0 Å². The molecule has 0 bridgehead atoms. The molecule has 9 heavy (non-hydrogen) atoms. The van der Waals surface area contributed by atoms with E-state index in [-0.39, 0.29) is 6.10 Å². The average molecular weight is 151 g/mol. The van der Waals surface area contributed by atoms with Gasteiger partial charge >= 0.3 is 7.94 Å². The zero-order chi connectivity index (χ0) is 6.91. The van der Waals surface area contributed by atoms with Gasteiger partial charge in [0, 0.05) is 6.42 Å². The molecule has 1 unspecified atom stereocenters. The van der Waals surface area contributed by atoms with Gasteiger partial charge in [-0.2, -0.15) is 13.9 Å². The fraction of sp³-hybridized carbons (Fsp3) is 1.00. The molecular formula is C5H12O3P+. The topological polar surface area (TPSA) is 38.7 Å². The predicted octanol–water partition coefficient (Wildman–Crippen LogP) is 1.20. The second-order valence-corrected chi connectivity index (χ2v) is 4.42. The fourth-order valence-corrected chi connectivity index (χ4v) is 2.08. The molecule has 0 amide bonds. The summed E-state index contributed by atoms with van der Waals surface area (Å²) < 4.78 is 10.1. The minimum atomic E-state index is -2.39. The van der Waals surface area contributed by atoms with E-state index >= 15 is 0 Å². The van der Waals surface area contributed by atoms with Crippen molar-refractivity contribution in [1.29, 1.82) is 0 Å². The molecule has 4 heteroatoms. The summed E-state index contributed by atoms with van der Waals surface area (Å²) in [5.41, 5.74) is 0. The summed E-state index contributed by atoms with van der Waals surface area (Å²) in [5, 5.41) is 0. The van der Waals surface area contributed by atoms with Gasteiger partial charge in [0.1, 0.15) is 12.8 Å². The number of hydrogen-bond donors (Lipinski definition) is 1. The highest BCUT2D eigenvalue weighted by molar-refractivity contribution is 7.59. The minimum Gasteiger partial charge on any atom is -0.193 e. The van der Waals surface area contributed by atoms with E-state index in [1.54, 1.807) is 6.66 Å². The van der Waals surface area contributed by atoms with Crippen LogP contribution >= 0.6 is 7.94 Å². The van der Waals surface area contributed by atoms with Crippen molar-refractivity contribution in [1.82, 2.24) is 0 Å². The first-order valence-electron chi connectivity index (χ1n) is 3.02. The summed E-state index contributed by atoms with van der Waals surface area (Å²) in [4.78, 5) is 9.21. The summed E-state index contributed by atoms with van der Waals surface area (Å²) in [6.45, 7) is 4.18. The van der Waals surface area contributed by atoms with Crippen LogP contribution < -0.4 is 0 Å². The smallest absolute Gasteiger partial charge is 0.193 e. The molecule has 0 aromatic carbocycles. The van der Waals surface area contributed by atoms with Gasteiger partial charge in [-0.1, -0.05) is 0 Å². The SMILES string of the molecule is C[C@H]1CCO[P+](C)(O)O1. The lowest BCUT2D eigenvalue weighted by molar-refractivity contribution is 0.0754. The first-order valence-corrected chi connectivity index (χ1v) is 5.05. The Morgan fingerprint density at radius 2 is 2.33 bits per heavy atom. The van der Waals surface area contributed by atoms with Gasteiger partial charge in [-0.3, -0.25) is 0 Å². The van der Waals surface area contributed by atoms with E-state index in [0.29, 0.717) is 6.61 Å². The van der Waals surface area contributed by atoms with Crippen LogP contribution in [0, 0.1) is 0 Å². The Balaban J connectivity index is 2.41. The second kappa shape index (κ2) is 2.51. The van der Waals surface area contributed by atoms with Gasteiger partial charge in [0.05, 0.1) is 6.61 Å². The second-order valence-electron chi connectivity index (χ2n) is 2.34. The monoisotopic (exact) mass is 151 g/mol. The van der Waals surface area contributed by atoms with E-state index in [2.05, 4.69) is 0 Å². The highest BCUT2D eigenvalue weighted by Gasteiger charge is 2.39. The van der Waals surface area contributed by atoms with E-state index in [4.69, 9.17) is 9.05 Å². The van der Waals surface area contributed by atoms with Gasteiger partial charge in [0.15, 0.2) is 0 Å². The Labute approximate surface area is 55.6 Å². The Hall–Kier alpha value is 0.310. The lowest BCUT2D eigenvalue weighted by Gasteiger charge is -2.21. The number of hydrogen-bond acceptors (Lipinski definition) is 3. The molecule has 1 N–H and O–H groups in total. The van der Waals surface area contributed by atoms with E-state index < -0.39 is 7.94 Å². The predicted molar refractivity (Wildman–Crippen MR) is 36.2 cm³/mol. The Morgan fingerprint density at radius 3 is 2.67 bits per heavy atom. The van der Waals surface area contributed by atoms with E-state index in [1.807, 2.05) is 6.92 Å². The van der Waals surface area contributed by atoms with Crippen LogP contribution in [0.1, 0.15) is 13.3 Å². The van der Waals surface area contributed by atoms with Crippen LogP contribution in [0.2, 0.25) is 0 Å². The third-order valence-electron chi connectivity index (χ3n) is 1.23. The summed E-state index contributed by atoms with van der Waals surface area (Å²) in [5.74, 6) is 0. The molecule has 1 heterocycles. The molecule has 0 aliphatic carbocycles. The highest BCUT2D eigenvalue weighted by atomic mass is 31.2. The summed E-state index contributed by atoms with van der Waals surface area (Å²) in [7, 11) is -2.39. The molecule has 1 fully saturated rings. The molecule has 0 spiro atoms. The van der Waals surface area contributed by atoms with E-state index in [9.17, 15) is 4.89 Å². The van der Waals surface area contributed by atoms with Crippen molar-refractivity contribution in [2.45, 2.75) is 19.4 Å². The van der Waals surface area contributed by atoms with Crippen molar-refractivity contribution in [3.63, 3.8) is 0 Å². The molecule has 1 rings (SSSR count). The molecule has 0 aromatic rings. The Morgan fingerprint density at radius 1 is 1.67 bits per heavy atom. The Bertz CT molecular complexity index is 104. The van der Waals surface area contributed by atoms with Crippen LogP contribution in [-0.2, 0) is 9.05 Å². The summed E-state index contributed by atoms with van der Waals surface area (Å²) in [6.07, 6.45) is 1.04. The summed E-state index contributed by atoms with van der Waals surface area (Å²) >= 11 is 0. The van der Waals surface area contributed by atoms with Crippen molar-refractivity contribution >= 4 is 7.94 Å². The fourth-order valence-electron chi connectivity index (χ4n) is 0.805. The quantitative estimate of drug-likeness (QED) is 0.528. The van der Waals surface area contributed by atoms with Crippen molar-refractivity contribution in [2.75, 3.05) is 13.3 Å². The van der Waals surface area contributed by atoms with Crippen molar-refractivity contribution < 1.29 is 13.9 Å². The summed E-state index contributed by atoms with van der Waals surface area (Å²) in [6, 6.07) is 0. The van der Waals surface area contributed by atoms with Crippen molar-refractivity contribution in [3.8, 4) is 0 Å².